The monoisotopic (exact) mass is 270 g/mol. The highest BCUT2D eigenvalue weighted by Gasteiger charge is 2.38. The maximum Gasteiger partial charge on any atom is 0.245 e. The fourth-order valence-corrected chi connectivity index (χ4v) is 3.57. The van der Waals surface area contributed by atoms with Crippen molar-refractivity contribution >= 4 is 15.7 Å². The first kappa shape index (κ1) is 13.0. The summed E-state index contributed by atoms with van der Waals surface area (Å²) in [4.78, 5) is -0.0438. The maximum atomic E-state index is 13.0. The van der Waals surface area contributed by atoms with Crippen LogP contribution in [0.25, 0.3) is 0 Å². The maximum absolute atomic E-state index is 13.0. The lowest BCUT2D eigenvalue weighted by molar-refractivity contribution is 0.436. The molecular weight excluding hydrogens is 255 g/mol. The first-order valence-electron chi connectivity index (χ1n) is 5.64. The number of nitrogens with zero attached hydrogens (tertiary/aromatic N) is 1. The van der Waals surface area contributed by atoms with Gasteiger partial charge in [-0.1, -0.05) is 6.08 Å². The first-order chi connectivity index (χ1) is 8.46. The highest BCUT2D eigenvalue weighted by Crippen LogP contribution is 2.33. The van der Waals surface area contributed by atoms with Crippen molar-refractivity contribution in [2.45, 2.75) is 23.8 Å². The normalized spacial score (nSPS) is 15.9. The van der Waals surface area contributed by atoms with Gasteiger partial charge < -0.3 is 5.73 Å². The second kappa shape index (κ2) is 4.70. The number of rotatable bonds is 5. The van der Waals surface area contributed by atoms with Crippen LogP contribution in [0.1, 0.15) is 12.8 Å². The molecular formula is C12H15FN2O2S. The minimum atomic E-state index is -3.68. The third-order valence-corrected chi connectivity index (χ3v) is 4.81. The van der Waals surface area contributed by atoms with Gasteiger partial charge in [0.05, 0.1) is 5.69 Å². The molecule has 0 bridgehead atoms. The Bertz CT molecular complexity index is 567. The molecule has 0 aromatic heterocycles. The van der Waals surface area contributed by atoms with Gasteiger partial charge in [0.15, 0.2) is 0 Å². The topological polar surface area (TPSA) is 63.4 Å². The zero-order chi connectivity index (χ0) is 13.3. The molecule has 2 N–H and O–H groups in total. The Morgan fingerprint density at radius 3 is 2.67 bits per heavy atom. The lowest BCUT2D eigenvalue weighted by Gasteiger charge is -2.21. The Balaban J connectivity index is 2.42. The molecule has 0 aliphatic heterocycles. The predicted molar refractivity (Wildman–Crippen MR) is 67.9 cm³/mol. The summed E-state index contributed by atoms with van der Waals surface area (Å²) in [6.07, 6.45) is 3.22. The van der Waals surface area contributed by atoms with Crippen LogP contribution >= 0.6 is 0 Å². The molecule has 1 aromatic carbocycles. The van der Waals surface area contributed by atoms with Gasteiger partial charge in [-0.2, -0.15) is 4.31 Å². The molecule has 1 aliphatic rings. The standard InChI is InChI=1S/C12H15FN2O2S/c1-2-7-15(10-4-5-10)18(16,17)12-6-3-9(13)8-11(12)14/h2-3,6,8,10H,1,4-5,7,14H2. The molecule has 1 aliphatic carbocycles. The molecule has 0 heterocycles. The zero-order valence-electron chi connectivity index (χ0n) is 9.84. The summed E-state index contributed by atoms with van der Waals surface area (Å²) in [5, 5.41) is 0. The van der Waals surface area contributed by atoms with Gasteiger partial charge in [0.1, 0.15) is 10.7 Å². The molecule has 0 spiro atoms. The van der Waals surface area contributed by atoms with Crippen molar-refractivity contribution in [1.82, 2.24) is 4.31 Å². The van der Waals surface area contributed by atoms with Crippen molar-refractivity contribution in [1.29, 1.82) is 0 Å². The summed E-state index contributed by atoms with van der Waals surface area (Å²) in [6.45, 7) is 3.80. The molecule has 0 amide bonds. The Morgan fingerprint density at radius 2 is 2.17 bits per heavy atom. The van der Waals surface area contributed by atoms with Gasteiger partial charge in [0, 0.05) is 12.6 Å². The molecule has 6 heteroatoms. The van der Waals surface area contributed by atoms with E-state index in [2.05, 4.69) is 6.58 Å². The first-order valence-corrected chi connectivity index (χ1v) is 7.08. The Hall–Kier alpha value is -1.40. The average molecular weight is 270 g/mol. The van der Waals surface area contributed by atoms with E-state index in [1.165, 1.54) is 16.4 Å². The molecule has 18 heavy (non-hydrogen) atoms. The molecule has 4 nitrogen and oxygen atoms in total. The summed E-state index contributed by atoms with van der Waals surface area (Å²) in [5.74, 6) is -0.548. The van der Waals surface area contributed by atoms with E-state index >= 15 is 0 Å². The SMILES string of the molecule is C=CCN(C1CC1)S(=O)(=O)c1ccc(F)cc1N. The summed E-state index contributed by atoms with van der Waals surface area (Å²) < 4.78 is 39.1. The number of halogens is 1. The van der Waals surface area contributed by atoms with E-state index in [1.54, 1.807) is 0 Å². The molecule has 2 rings (SSSR count). The number of nitrogen functional groups attached to an aromatic ring is 1. The highest BCUT2D eigenvalue weighted by molar-refractivity contribution is 7.89. The van der Waals surface area contributed by atoms with Crippen molar-refractivity contribution in [3.63, 3.8) is 0 Å². The predicted octanol–water partition coefficient (Wildman–Crippen LogP) is 1.75. The third-order valence-electron chi connectivity index (χ3n) is 2.82. The van der Waals surface area contributed by atoms with Crippen LogP contribution < -0.4 is 5.73 Å². The molecule has 1 saturated carbocycles. The quantitative estimate of drug-likeness (QED) is 0.655. The number of nitrogens with two attached hydrogens (primary N) is 1. The van der Waals surface area contributed by atoms with E-state index in [9.17, 15) is 12.8 Å². The van der Waals surface area contributed by atoms with Crippen molar-refractivity contribution < 1.29 is 12.8 Å². The number of benzene rings is 1. The summed E-state index contributed by atoms with van der Waals surface area (Å²) in [5.41, 5.74) is 5.53. The highest BCUT2D eigenvalue weighted by atomic mass is 32.2. The molecule has 98 valence electrons. The molecule has 0 saturated heterocycles. The second-order valence-electron chi connectivity index (χ2n) is 4.28. The fraction of sp³-hybridized carbons (Fsp3) is 0.333. The zero-order valence-corrected chi connectivity index (χ0v) is 10.7. The Labute approximate surface area is 106 Å². The molecule has 1 aromatic rings. The van der Waals surface area contributed by atoms with E-state index < -0.39 is 15.8 Å². The van der Waals surface area contributed by atoms with Gasteiger partial charge in [-0.15, -0.1) is 6.58 Å². The molecule has 1 fully saturated rings. The van der Waals surface area contributed by atoms with Crippen molar-refractivity contribution in [3.8, 4) is 0 Å². The smallest absolute Gasteiger partial charge is 0.245 e. The van der Waals surface area contributed by atoms with E-state index in [0.717, 1.165) is 25.0 Å². The van der Waals surface area contributed by atoms with Crippen LogP contribution in [0.15, 0.2) is 35.7 Å². The van der Waals surface area contributed by atoms with Gasteiger partial charge in [-0.3, -0.25) is 0 Å². The van der Waals surface area contributed by atoms with Crippen LogP contribution in [0, 0.1) is 5.82 Å². The van der Waals surface area contributed by atoms with Crippen LogP contribution in [0.4, 0.5) is 10.1 Å². The van der Waals surface area contributed by atoms with Gasteiger partial charge in [0.2, 0.25) is 10.0 Å². The number of hydrogen-bond donors (Lipinski definition) is 1. The van der Waals surface area contributed by atoms with E-state index in [4.69, 9.17) is 5.73 Å². The fourth-order valence-electron chi connectivity index (χ4n) is 1.81. The molecule has 0 radical (unpaired) electrons. The van der Waals surface area contributed by atoms with Crippen LogP contribution in [-0.2, 0) is 10.0 Å². The van der Waals surface area contributed by atoms with Crippen molar-refractivity contribution in [3.05, 3.63) is 36.7 Å². The Morgan fingerprint density at radius 1 is 1.50 bits per heavy atom. The van der Waals surface area contributed by atoms with Crippen LogP contribution in [0.2, 0.25) is 0 Å². The summed E-state index contributed by atoms with van der Waals surface area (Å²) >= 11 is 0. The lowest BCUT2D eigenvalue weighted by Crippen LogP contribution is -2.33. The van der Waals surface area contributed by atoms with Crippen molar-refractivity contribution in [2.24, 2.45) is 0 Å². The Kier molecular flexibility index (Phi) is 3.41. The molecule has 0 atom stereocenters. The van der Waals surface area contributed by atoms with E-state index in [0.29, 0.717) is 0 Å². The van der Waals surface area contributed by atoms with Gasteiger partial charge in [-0.05, 0) is 31.0 Å². The lowest BCUT2D eigenvalue weighted by atomic mass is 10.3. The van der Waals surface area contributed by atoms with Crippen molar-refractivity contribution in [2.75, 3.05) is 12.3 Å². The number of anilines is 1. The molecule has 0 unspecified atom stereocenters. The van der Waals surface area contributed by atoms with Gasteiger partial charge in [0.25, 0.3) is 0 Å². The van der Waals surface area contributed by atoms with E-state index in [-0.39, 0.29) is 23.2 Å². The summed E-state index contributed by atoms with van der Waals surface area (Å²) in [7, 11) is -3.68. The van der Waals surface area contributed by atoms with E-state index in [1.807, 2.05) is 0 Å². The minimum absolute atomic E-state index is 0.0115. The number of hydrogen-bond acceptors (Lipinski definition) is 3. The minimum Gasteiger partial charge on any atom is -0.398 e. The average Bonchev–Trinajstić information content (AvgIpc) is 3.08. The van der Waals surface area contributed by atoms with Gasteiger partial charge in [-0.25, -0.2) is 12.8 Å². The van der Waals surface area contributed by atoms with Crippen LogP contribution in [-0.4, -0.2) is 25.3 Å². The largest absolute Gasteiger partial charge is 0.398 e. The second-order valence-corrected chi connectivity index (χ2v) is 6.14. The van der Waals surface area contributed by atoms with Gasteiger partial charge >= 0.3 is 0 Å². The van der Waals surface area contributed by atoms with Crippen LogP contribution in [0.3, 0.4) is 0 Å². The van der Waals surface area contributed by atoms with Crippen LogP contribution in [0.5, 0.6) is 0 Å². The third kappa shape index (κ3) is 2.39. The summed E-state index contributed by atoms with van der Waals surface area (Å²) in [6, 6.07) is 3.34. The number of sulfonamides is 1.